The van der Waals surface area contributed by atoms with Crippen molar-refractivity contribution >= 4 is 5.69 Å². The Kier molecular flexibility index (Phi) is 2.24. The molecule has 0 saturated carbocycles. The van der Waals surface area contributed by atoms with E-state index in [1.807, 2.05) is 12.3 Å². The number of methoxy groups -OCH3 is 1. The highest BCUT2D eigenvalue weighted by Crippen LogP contribution is 2.34. The maximum atomic E-state index is 5.17. The predicted molar refractivity (Wildman–Crippen MR) is 63.0 cm³/mol. The van der Waals surface area contributed by atoms with Gasteiger partial charge >= 0.3 is 0 Å². The van der Waals surface area contributed by atoms with Crippen LogP contribution in [0, 0.1) is 0 Å². The van der Waals surface area contributed by atoms with Crippen LogP contribution >= 0.6 is 0 Å². The van der Waals surface area contributed by atoms with Gasteiger partial charge in [-0.1, -0.05) is 0 Å². The summed E-state index contributed by atoms with van der Waals surface area (Å²) >= 11 is 0. The molecule has 0 radical (unpaired) electrons. The number of hydrogen-bond acceptors (Lipinski definition) is 4. The van der Waals surface area contributed by atoms with Gasteiger partial charge in [0.15, 0.2) is 0 Å². The van der Waals surface area contributed by atoms with Crippen LogP contribution in [0.1, 0.15) is 6.42 Å². The SMILES string of the molecule is COc1cc(N2CC3CC2CN3C)ccn1. The smallest absolute Gasteiger partial charge is 0.214 e. The van der Waals surface area contributed by atoms with Crippen LogP contribution in [0.15, 0.2) is 18.3 Å². The highest BCUT2D eigenvalue weighted by Gasteiger charge is 2.41. The van der Waals surface area contributed by atoms with Gasteiger partial charge in [-0.2, -0.15) is 0 Å². The van der Waals surface area contributed by atoms with Crippen LogP contribution in [0.2, 0.25) is 0 Å². The molecule has 2 aliphatic heterocycles. The maximum Gasteiger partial charge on any atom is 0.214 e. The summed E-state index contributed by atoms with van der Waals surface area (Å²) in [6.07, 6.45) is 3.12. The number of likely N-dealkylation sites (tertiary alicyclic amines) is 1. The van der Waals surface area contributed by atoms with Gasteiger partial charge in [-0.05, 0) is 19.5 Å². The molecule has 2 unspecified atom stereocenters. The third kappa shape index (κ3) is 1.45. The lowest BCUT2D eigenvalue weighted by atomic mass is 10.2. The summed E-state index contributed by atoms with van der Waals surface area (Å²) in [6, 6.07) is 5.50. The predicted octanol–water partition coefficient (Wildman–Crippen LogP) is 0.983. The summed E-state index contributed by atoms with van der Waals surface area (Å²) in [5.41, 5.74) is 1.24. The first-order chi connectivity index (χ1) is 7.78. The summed E-state index contributed by atoms with van der Waals surface area (Å²) in [4.78, 5) is 9.09. The number of pyridine rings is 1. The van der Waals surface area contributed by atoms with Crippen molar-refractivity contribution in [3.05, 3.63) is 18.3 Å². The lowest BCUT2D eigenvalue weighted by molar-refractivity contribution is 0.292. The molecule has 1 aromatic rings. The van der Waals surface area contributed by atoms with E-state index in [1.165, 1.54) is 18.7 Å². The molecular weight excluding hydrogens is 202 g/mol. The molecule has 0 aromatic carbocycles. The number of likely N-dealkylation sites (N-methyl/N-ethyl adjacent to an activating group) is 1. The number of hydrogen-bond donors (Lipinski definition) is 0. The topological polar surface area (TPSA) is 28.6 Å². The number of aromatic nitrogens is 1. The standard InChI is InChI=1S/C12H17N3O/c1-14-7-11-5-10(14)8-15(11)9-3-4-13-12(6-9)16-2/h3-4,6,10-11H,5,7-8H2,1-2H3. The highest BCUT2D eigenvalue weighted by molar-refractivity contribution is 5.51. The Bertz CT molecular complexity index is 394. The van der Waals surface area contributed by atoms with Crippen LogP contribution in [0.3, 0.4) is 0 Å². The van der Waals surface area contributed by atoms with E-state index in [2.05, 4.69) is 27.9 Å². The molecule has 0 aliphatic carbocycles. The number of rotatable bonds is 2. The summed E-state index contributed by atoms with van der Waals surface area (Å²) in [7, 11) is 3.88. The molecule has 2 saturated heterocycles. The van der Waals surface area contributed by atoms with Crippen LogP contribution in [0.5, 0.6) is 5.88 Å². The maximum absolute atomic E-state index is 5.17. The quantitative estimate of drug-likeness (QED) is 0.741. The van der Waals surface area contributed by atoms with Crippen molar-refractivity contribution in [3.63, 3.8) is 0 Å². The fraction of sp³-hybridized carbons (Fsp3) is 0.583. The summed E-state index contributed by atoms with van der Waals surface area (Å²) in [6.45, 7) is 2.31. The molecule has 16 heavy (non-hydrogen) atoms. The van der Waals surface area contributed by atoms with E-state index in [0.29, 0.717) is 11.9 Å². The van der Waals surface area contributed by atoms with Crippen LogP contribution in [-0.2, 0) is 0 Å². The second-order valence-electron chi connectivity index (χ2n) is 4.69. The van der Waals surface area contributed by atoms with Crippen LogP contribution in [0.25, 0.3) is 0 Å². The molecule has 4 heteroatoms. The van der Waals surface area contributed by atoms with Gasteiger partial charge in [0.05, 0.1) is 7.11 Å². The molecule has 2 fully saturated rings. The Balaban J connectivity index is 1.83. The van der Waals surface area contributed by atoms with Crippen LogP contribution in [0.4, 0.5) is 5.69 Å². The zero-order valence-corrected chi connectivity index (χ0v) is 9.76. The van der Waals surface area contributed by atoms with E-state index in [4.69, 9.17) is 4.74 Å². The monoisotopic (exact) mass is 219 g/mol. The fourth-order valence-corrected chi connectivity index (χ4v) is 2.87. The fourth-order valence-electron chi connectivity index (χ4n) is 2.87. The van der Waals surface area contributed by atoms with Crippen molar-refractivity contribution in [3.8, 4) is 5.88 Å². The third-order valence-electron chi connectivity index (χ3n) is 3.77. The second-order valence-corrected chi connectivity index (χ2v) is 4.69. The molecule has 0 N–H and O–H groups in total. The molecule has 1 aromatic heterocycles. The molecule has 2 bridgehead atoms. The summed E-state index contributed by atoms with van der Waals surface area (Å²) in [5.74, 6) is 0.702. The van der Waals surface area contributed by atoms with Crippen molar-refractivity contribution in [2.24, 2.45) is 0 Å². The molecule has 0 amide bonds. The van der Waals surface area contributed by atoms with Gasteiger partial charge in [0.2, 0.25) is 5.88 Å². The van der Waals surface area contributed by atoms with Gasteiger partial charge in [-0.15, -0.1) is 0 Å². The second kappa shape index (κ2) is 3.63. The summed E-state index contributed by atoms with van der Waals surface area (Å²) < 4.78 is 5.17. The largest absolute Gasteiger partial charge is 0.481 e. The Morgan fingerprint density at radius 1 is 1.38 bits per heavy atom. The normalized spacial score (nSPS) is 28.8. The Labute approximate surface area is 95.8 Å². The number of anilines is 1. The average molecular weight is 219 g/mol. The molecular formula is C12H17N3O. The number of ether oxygens (including phenoxy) is 1. The van der Waals surface area contributed by atoms with Gasteiger partial charge < -0.3 is 9.64 Å². The van der Waals surface area contributed by atoms with E-state index in [1.54, 1.807) is 7.11 Å². The van der Waals surface area contributed by atoms with E-state index >= 15 is 0 Å². The van der Waals surface area contributed by atoms with Crippen LogP contribution in [-0.4, -0.2) is 49.2 Å². The van der Waals surface area contributed by atoms with Gasteiger partial charge in [0, 0.05) is 43.1 Å². The third-order valence-corrected chi connectivity index (χ3v) is 3.77. The zero-order chi connectivity index (χ0) is 11.1. The number of piperazine rings is 1. The number of fused-ring (bicyclic) bond motifs is 2. The minimum absolute atomic E-state index is 0.669. The highest BCUT2D eigenvalue weighted by atomic mass is 16.5. The van der Waals surface area contributed by atoms with Crippen molar-refractivity contribution in [1.29, 1.82) is 0 Å². The molecule has 3 heterocycles. The minimum atomic E-state index is 0.669. The molecule has 0 spiro atoms. The summed E-state index contributed by atoms with van der Waals surface area (Å²) in [5, 5.41) is 0. The Morgan fingerprint density at radius 2 is 2.25 bits per heavy atom. The zero-order valence-electron chi connectivity index (χ0n) is 9.76. The lowest BCUT2D eigenvalue weighted by Crippen LogP contribution is -2.44. The van der Waals surface area contributed by atoms with E-state index in [9.17, 15) is 0 Å². The Hall–Kier alpha value is -1.29. The first-order valence-electron chi connectivity index (χ1n) is 5.75. The molecule has 3 rings (SSSR count). The van der Waals surface area contributed by atoms with Crippen molar-refractivity contribution in [2.45, 2.75) is 18.5 Å². The molecule has 2 atom stereocenters. The minimum Gasteiger partial charge on any atom is -0.481 e. The van der Waals surface area contributed by atoms with Gasteiger partial charge in [-0.25, -0.2) is 4.98 Å². The molecule has 86 valence electrons. The average Bonchev–Trinajstić information content (AvgIpc) is 2.88. The van der Waals surface area contributed by atoms with E-state index in [-0.39, 0.29) is 0 Å². The number of nitrogens with zero attached hydrogens (tertiary/aromatic N) is 3. The van der Waals surface area contributed by atoms with E-state index < -0.39 is 0 Å². The van der Waals surface area contributed by atoms with Crippen LogP contribution < -0.4 is 9.64 Å². The van der Waals surface area contributed by atoms with Gasteiger partial charge in [0.1, 0.15) is 0 Å². The first-order valence-corrected chi connectivity index (χ1v) is 5.75. The van der Waals surface area contributed by atoms with Gasteiger partial charge in [0.25, 0.3) is 0 Å². The lowest BCUT2D eigenvalue weighted by Gasteiger charge is -2.33. The first kappa shape index (κ1) is 9.90. The van der Waals surface area contributed by atoms with E-state index in [0.717, 1.165) is 12.6 Å². The Morgan fingerprint density at radius 3 is 2.88 bits per heavy atom. The van der Waals surface area contributed by atoms with Crippen molar-refractivity contribution < 1.29 is 4.74 Å². The van der Waals surface area contributed by atoms with Gasteiger partial charge in [-0.3, -0.25) is 4.90 Å². The van der Waals surface area contributed by atoms with Crippen molar-refractivity contribution in [2.75, 3.05) is 32.1 Å². The van der Waals surface area contributed by atoms with Crippen molar-refractivity contribution in [1.82, 2.24) is 9.88 Å². The molecule has 2 aliphatic rings. The molecule has 4 nitrogen and oxygen atoms in total.